The maximum atomic E-state index is 10.9. The molecule has 2 aromatic rings. The van der Waals surface area contributed by atoms with Crippen LogP contribution in [0.4, 0.5) is 5.69 Å². The van der Waals surface area contributed by atoms with E-state index in [4.69, 9.17) is 0 Å². The van der Waals surface area contributed by atoms with Crippen LogP contribution in [0.25, 0.3) is 11.1 Å². The summed E-state index contributed by atoms with van der Waals surface area (Å²) in [4.78, 5) is 14.6. The molecule has 0 aliphatic heterocycles. The number of nitro groups is 1. The summed E-state index contributed by atoms with van der Waals surface area (Å²) >= 11 is 0. The summed E-state index contributed by atoms with van der Waals surface area (Å²) in [6.07, 6.45) is 1.46. The van der Waals surface area contributed by atoms with Gasteiger partial charge < -0.3 is 0 Å². The van der Waals surface area contributed by atoms with Gasteiger partial charge in [0.25, 0.3) is 5.69 Å². The number of hydrogen-bond donors (Lipinski definition) is 0. The molecule has 1 aromatic carbocycles. The Balaban J connectivity index is 2.68. The van der Waals surface area contributed by atoms with Crippen molar-refractivity contribution in [3.05, 3.63) is 58.4 Å². The molecule has 0 spiro atoms. The third kappa shape index (κ3) is 1.77. The van der Waals surface area contributed by atoms with Crippen molar-refractivity contribution in [3.63, 3.8) is 0 Å². The molecule has 2 rings (SSSR count). The molecule has 1 aromatic heterocycles. The second-order valence-electron chi connectivity index (χ2n) is 3.41. The Labute approximate surface area is 92.7 Å². The van der Waals surface area contributed by atoms with Crippen LogP contribution in [0, 0.1) is 17.0 Å². The van der Waals surface area contributed by atoms with Crippen molar-refractivity contribution < 1.29 is 4.92 Å². The van der Waals surface area contributed by atoms with Crippen molar-refractivity contribution in [2.45, 2.75) is 6.92 Å². The van der Waals surface area contributed by atoms with Crippen LogP contribution in [0.2, 0.25) is 0 Å². The lowest BCUT2D eigenvalue weighted by molar-refractivity contribution is -0.384. The molecule has 16 heavy (non-hydrogen) atoms. The van der Waals surface area contributed by atoms with E-state index in [0.29, 0.717) is 11.3 Å². The van der Waals surface area contributed by atoms with E-state index in [1.165, 1.54) is 12.3 Å². The monoisotopic (exact) mass is 214 g/mol. The molecular formula is C12H10N2O2. The van der Waals surface area contributed by atoms with Gasteiger partial charge in [0, 0.05) is 12.3 Å². The van der Waals surface area contributed by atoms with Gasteiger partial charge in [-0.3, -0.25) is 15.1 Å². The maximum Gasteiger partial charge on any atom is 0.280 e. The number of nitrogens with zero attached hydrogens (tertiary/aromatic N) is 2. The summed E-state index contributed by atoms with van der Waals surface area (Å²) in [6.45, 7) is 1.77. The molecule has 0 saturated carbocycles. The predicted molar refractivity (Wildman–Crippen MR) is 61.1 cm³/mol. The number of hydrogen-bond acceptors (Lipinski definition) is 3. The normalized spacial score (nSPS) is 10.1. The molecule has 4 heteroatoms. The average molecular weight is 214 g/mol. The van der Waals surface area contributed by atoms with E-state index in [2.05, 4.69) is 4.98 Å². The Morgan fingerprint density at radius 3 is 2.50 bits per heavy atom. The van der Waals surface area contributed by atoms with Crippen molar-refractivity contribution in [2.75, 3.05) is 0 Å². The van der Waals surface area contributed by atoms with E-state index in [1.54, 1.807) is 6.92 Å². The highest BCUT2D eigenvalue weighted by molar-refractivity contribution is 5.75. The summed E-state index contributed by atoms with van der Waals surface area (Å²) in [5.74, 6) is 0. The molecule has 0 atom stereocenters. The summed E-state index contributed by atoms with van der Waals surface area (Å²) in [7, 11) is 0. The fourth-order valence-corrected chi connectivity index (χ4v) is 1.67. The van der Waals surface area contributed by atoms with E-state index < -0.39 is 0 Å². The molecule has 80 valence electrons. The molecular weight excluding hydrogens is 204 g/mol. The lowest BCUT2D eigenvalue weighted by Crippen LogP contribution is -1.96. The van der Waals surface area contributed by atoms with Crippen molar-refractivity contribution in [2.24, 2.45) is 0 Å². The van der Waals surface area contributed by atoms with E-state index in [-0.39, 0.29) is 10.6 Å². The number of aromatic nitrogens is 1. The van der Waals surface area contributed by atoms with E-state index >= 15 is 0 Å². The Morgan fingerprint density at radius 2 is 1.88 bits per heavy atom. The van der Waals surface area contributed by atoms with Gasteiger partial charge in [-0.15, -0.1) is 0 Å². The van der Waals surface area contributed by atoms with Gasteiger partial charge in [-0.05, 0) is 12.5 Å². The standard InChI is InChI=1S/C12H10N2O2/c1-9-12(10-5-3-2-4-6-10)11(14(15)16)7-8-13-9/h2-8H,1H3. The Bertz CT molecular complexity index is 524. The highest BCUT2D eigenvalue weighted by Crippen LogP contribution is 2.31. The van der Waals surface area contributed by atoms with Gasteiger partial charge in [0.15, 0.2) is 0 Å². The fraction of sp³-hybridized carbons (Fsp3) is 0.0833. The SMILES string of the molecule is Cc1nccc([N+](=O)[O-])c1-c1ccccc1. The second kappa shape index (κ2) is 4.10. The van der Waals surface area contributed by atoms with E-state index in [9.17, 15) is 10.1 Å². The van der Waals surface area contributed by atoms with Crippen LogP contribution >= 0.6 is 0 Å². The summed E-state index contributed by atoms with van der Waals surface area (Å²) in [6, 6.07) is 10.7. The molecule has 1 heterocycles. The Hall–Kier alpha value is -2.23. The van der Waals surface area contributed by atoms with E-state index in [0.717, 1.165) is 5.56 Å². The van der Waals surface area contributed by atoms with Crippen LogP contribution in [-0.2, 0) is 0 Å². The van der Waals surface area contributed by atoms with Gasteiger partial charge in [-0.1, -0.05) is 30.3 Å². The Kier molecular flexibility index (Phi) is 2.64. The molecule has 0 aliphatic carbocycles. The summed E-state index contributed by atoms with van der Waals surface area (Å²) < 4.78 is 0. The van der Waals surface area contributed by atoms with Crippen LogP contribution in [0.3, 0.4) is 0 Å². The molecule has 0 N–H and O–H groups in total. The topological polar surface area (TPSA) is 56.0 Å². The third-order valence-electron chi connectivity index (χ3n) is 2.38. The first-order chi connectivity index (χ1) is 7.70. The van der Waals surface area contributed by atoms with Crippen molar-refractivity contribution in [1.82, 2.24) is 4.98 Å². The molecule has 0 aliphatic rings. The van der Waals surface area contributed by atoms with Crippen LogP contribution in [0.15, 0.2) is 42.6 Å². The Morgan fingerprint density at radius 1 is 1.19 bits per heavy atom. The first kappa shape index (κ1) is 10.3. The smallest absolute Gasteiger partial charge is 0.260 e. The van der Waals surface area contributed by atoms with Crippen LogP contribution in [-0.4, -0.2) is 9.91 Å². The van der Waals surface area contributed by atoms with Crippen LogP contribution in [0.1, 0.15) is 5.69 Å². The third-order valence-corrected chi connectivity index (χ3v) is 2.38. The first-order valence-electron chi connectivity index (χ1n) is 4.85. The van der Waals surface area contributed by atoms with Gasteiger partial charge in [0.2, 0.25) is 0 Å². The quantitative estimate of drug-likeness (QED) is 0.570. The zero-order valence-electron chi connectivity index (χ0n) is 8.75. The lowest BCUT2D eigenvalue weighted by Gasteiger charge is -2.05. The molecule has 0 radical (unpaired) electrons. The van der Waals surface area contributed by atoms with Crippen LogP contribution in [0.5, 0.6) is 0 Å². The maximum absolute atomic E-state index is 10.9. The minimum Gasteiger partial charge on any atom is -0.260 e. The van der Waals surface area contributed by atoms with Gasteiger partial charge in [-0.2, -0.15) is 0 Å². The number of rotatable bonds is 2. The zero-order valence-corrected chi connectivity index (χ0v) is 8.75. The number of aryl methyl sites for hydroxylation is 1. The molecule has 0 saturated heterocycles. The predicted octanol–water partition coefficient (Wildman–Crippen LogP) is 2.97. The lowest BCUT2D eigenvalue weighted by atomic mass is 10.0. The molecule has 4 nitrogen and oxygen atoms in total. The second-order valence-corrected chi connectivity index (χ2v) is 3.41. The summed E-state index contributed by atoms with van der Waals surface area (Å²) in [5.41, 5.74) is 2.17. The zero-order chi connectivity index (χ0) is 11.5. The molecule has 0 fully saturated rings. The van der Waals surface area contributed by atoms with Gasteiger partial charge >= 0.3 is 0 Å². The number of benzene rings is 1. The van der Waals surface area contributed by atoms with Crippen molar-refractivity contribution >= 4 is 5.69 Å². The van der Waals surface area contributed by atoms with Gasteiger partial charge in [-0.25, -0.2) is 0 Å². The van der Waals surface area contributed by atoms with Gasteiger partial charge in [0.05, 0.1) is 16.2 Å². The largest absolute Gasteiger partial charge is 0.280 e. The fourth-order valence-electron chi connectivity index (χ4n) is 1.67. The minimum absolute atomic E-state index is 0.0960. The van der Waals surface area contributed by atoms with Crippen molar-refractivity contribution in [1.29, 1.82) is 0 Å². The summed E-state index contributed by atoms with van der Waals surface area (Å²) in [5, 5.41) is 10.9. The first-order valence-corrected chi connectivity index (χ1v) is 4.85. The molecule has 0 bridgehead atoms. The highest BCUT2D eigenvalue weighted by Gasteiger charge is 2.17. The van der Waals surface area contributed by atoms with Crippen molar-refractivity contribution in [3.8, 4) is 11.1 Å². The number of pyridine rings is 1. The van der Waals surface area contributed by atoms with Crippen LogP contribution < -0.4 is 0 Å². The average Bonchev–Trinajstić information content (AvgIpc) is 2.29. The highest BCUT2D eigenvalue weighted by atomic mass is 16.6. The molecule has 0 amide bonds. The van der Waals surface area contributed by atoms with E-state index in [1.807, 2.05) is 30.3 Å². The molecule has 0 unspecified atom stereocenters. The van der Waals surface area contributed by atoms with Gasteiger partial charge in [0.1, 0.15) is 0 Å². The minimum atomic E-state index is -0.378.